The molecule has 2 N–H and O–H groups in total. The first kappa shape index (κ1) is 16.4. The monoisotopic (exact) mass is 331 g/mol. The molecule has 0 spiro atoms. The normalized spacial score (nSPS) is 20.6. The number of nitrogens with one attached hydrogen (secondary N) is 1. The standard InChI is InChI=1S/C17H21N3O4/c21-11-13-3-1-12(2-4-13)7-14-5-6-19(9-14)16(23)10-20-15(22)8-18-17(20)24/h1-4,14,21H,5-11H2,(H,18,24). The van der Waals surface area contributed by atoms with Crippen LogP contribution in [-0.2, 0) is 22.6 Å². The zero-order valence-electron chi connectivity index (χ0n) is 13.4. The molecule has 2 fully saturated rings. The van der Waals surface area contributed by atoms with E-state index in [1.54, 1.807) is 4.90 Å². The average molecular weight is 331 g/mol. The van der Waals surface area contributed by atoms with Gasteiger partial charge in [-0.1, -0.05) is 24.3 Å². The molecule has 1 unspecified atom stereocenters. The van der Waals surface area contributed by atoms with E-state index in [1.165, 1.54) is 5.56 Å². The van der Waals surface area contributed by atoms with Gasteiger partial charge in [-0.3, -0.25) is 14.5 Å². The molecule has 1 aromatic rings. The summed E-state index contributed by atoms with van der Waals surface area (Å²) in [6, 6.07) is 7.33. The predicted octanol–water partition coefficient (Wildman–Crippen LogP) is 0.122. The molecule has 1 aromatic carbocycles. The molecule has 0 aliphatic carbocycles. The van der Waals surface area contributed by atoms with Gasteiger partial charge >= 0.3 is 6.03 Å². The number of aliphatic hydroxyl groups is 1. The Balaban J connectivity index is 1.51. The largest absolute Gasteiger partial charge is 0.392 e. The molecule has 128 valence electrons. The van der Waals surface area contributed by atoms with Crippen molar-refractivity contribution in [1.82, 2.24) is 15.1 Å². The van der Waals surface area contributed by atoms with Crippen LogP contribution in [0.25, 0.3) is 0 Å². The van der Waals surface area contributed by atoms with Crippen LogP contribution in [0.4, 0.5) is 4.79 Å². The third-order valence-electron chi connectivity index (χ3n) is 4.60. The number of hydrogen-bond acceptors (Lipinski definition) is 4. The minimum atomic E-state index is -0.493. The third kappa shape index (κ3) is 3.56. The number of aliphatic hydroxyl groups excluding tert-OH is 1. The minimum absolute atomic E-state index is 0.0292. The number of imide groups is 1. The van der Waals surface area contributed by atoms with E-state index in [0.717, 1.165) is 23.3 Å². The number of carbonyl (C=O) groups is 3. The summed E-state index contributed by atoms with van der Waals surface area (Å²) in [6.07, 6.45) is 1.78. The lowest BCUT2D eigenvalue weighted by molar-refractivity contribution is -0.135. The molecule has 0 saturated carbocycles. The van der Waals surface area contributed by atoms with Crippen LogP contribution in [-0.4, -0.2) is 58.9 Å². The second kappa shape index (κ2) is 7.00. The number of carbonyl (C=O) groups excluding carboxylic acids is 3. The topological polar surface area (TPSA) is 90.0 Å². The van der Waals surface area contributed by atoms with E-state index in [2.05, 4.69) is 5.32 Å². The van der Waals surface area contributed by atoms with Crippen molar-refractivity contribution >= 4 is 17.8 Å². The predicted molar refractivity (Wildman–Crippen MR) is 85.9 cm³/mol. The molecule has 1 atom stereocenters. The van der Waals surface area contributed by atoms with Crippen LogP contribution in [0, 0.1) is 5.92 Å². The molecule has 4 amide bonds. The van der Waals surface area contributed by atoms with E-state index in [1.807, 2.05) is 24.3 Å². The Morgan fingerprint density at radius 1 is 1.21 bits per heavy atom. The van der Waals surface area contributed by atoms with Crippen LogP contribution in [0.1, 0.15) is 17.5 Å². The molecule has 3 rings (SSSR count). The first-order valence-electron chi connectivity index (χ1n) is 8.11. The SMILES string of the molecule is O=C(CN1C(=O)CNC1=O)N1CCC(Cc2ccc(CO)cc2)C1. The molecule has 0 aromatic heterocycles. The zero-order chi connectivity index (χ0) is 17.1. The fourth-order valence-electron chi connectivity index (χ4n) is 3.19. The zero-order valence-corrected chi connectivity index (χ0v) is 13.4. The highest BCUT2D eigenvalue weighted by Crippen LogP contribution is 2.21. The van der Waals surface area contributed by atoms with Gasteiger partial charge in [0.25, 0.3) is 5.91 Å². The Kier molecular flexibility index (Phi) is 4.80. The Morgan fingerprint density at radius 3 is 2.54 bits per heavy atom. The van der Waals surface area contributed by atoms with Crippen LogP contribution in [0.15, 0.2) is 24.3 Å². The lowest BCUT2D eigenvalue weighted by Gasteiger charge is -2.19. The summed E-state index contributed by atoms with van der Waals surface area (Å²) < 4.78 is 0. The molecule has 7 nitrogen and oxygen atoms in total. The number of amides is 4. The highest BCUT2D eigenvalue weighted by molar-refractivity contribution is 6.04. The Bertz CT molecular complexity index is 628. The van der Waals surface area contributed by atoms with E-state index in [0.29, 0.717) is 19.0 Å². The fourth-order valence-corrected chi connectivity index (χ4v) is 3.19. The van der Waals surface area contributed by atoms with Crippen LogP contribution in [0.3, 0.4) is 0 Å². The number of urea groups is 1. The Labute approximate surface area is 140 Å². The van der Waals surface area contributed by atoms with E-state index in [-0.39, 0.29) is 31.5 Å². The summed E-state index contributed by atoms with van der Waals surface area (Å²) in [5.41, 5.74) is 2.07. The van der Waals surface area contributed by atoms with Crippen LogP contribution in [0.2, 0.25) is 0 Å². The van der Waals surface area contributed by atoms with Crippen LogP contribution < -0.4 is 5.32 Å². The van der Waals surface area contributed by atoms with Gasteiger partial charge in [0.15, 0.2) is 0 Å². The quantitative estimate of drug-likeness (QED) is 0.750. The van der Waals surface area contributed by atoms with Crippen LogP contribution in [0.5, 0.6) is 0 Å². The van der Waals surface area contributed by atoms with Gasteiger partial charge in [-0.15, -0.1) is 0 Å². The molecular weight excluding hydrogens is 310 g/mol. The third-order valence-corrected chi connectivity index (χ3v) is 4.60. The Morgan fingerprint density at radius 2 is 1.92 bits per heavy atom. The molecule has 0 radical (unpaired) electrons. The molecule has 2 heterocycles. The lowest BCUT2D eigenvalue weighted by atomic mass is 9.98. The maximum Gasteiger partial charge on any atom is 0.325 e. The van der Waals surface area contributed by atoms with Crippen molar-refractivity contribution in [2.45, 2.75) is 19.4 Å². The molecule has 2 saturated heterocycles. The Hall–Kier alpha value is -2.41. The van der Waals surface area contributed by atoms with Gasteiger partial charge < -0.3 is 15.3 Å². The van der Waals surface area contributed by atoms with Crippen molar-refractivity contribution < 1.29 is 19.5 Å². The van der Waals surface area contributed by atoms with E-state index in [4.69, 9.17) is 5.11 Å². The van der Waals surface area contributed by atoms with Gasteiger partial charge in [-0.25, -0.2) is 4.79 Å². The maximum atomic E-state index is 12.3. The van der Waals surface area contributed by atoms with Crippen molar-refractivity contribution in [3.8, 4) is 0 Å². The van der Waals surface area contributed by atoms with Gasteiger partial charge in [-0.05, 0) is 29.9 Å². The molecule has 0 bridgehead atoms. The molecule has 2 aliphatic rings. The number of benzene rings is 1. The number of nitrogens with zero attached hydrogens (tertiary/aromatic N) is 2. The fraction of sp³-hybridized carbons (Fsp3) is 0.471. The summed E-state index contributed by atoms with van der Waals surface area (Å²) in [4.78, 5) is 38.0. The summed E-state index contributed by atoms with van der Waals surface area (Å²) >= 11 is 0. The highest BCUT2D eigenvalue weighted by atomic mass is 16.3. The molecule has 2 aliphatic heterocycles. The summed E-state index contributed by atoms with van der Waals surface area (Å²) in [7, 11) is 0. The number of rotatable bonds is 5. The first-order chi connectivity index (χ1) is 11.6. The van der Waals surface area contributed by atoms with E-state index < -0.39 is 6.03 Å². The summed E-state index contributed by atoms with van der Waals surface area (Å²) in [5, 5.41) is 11.5. The molecule has 24 heavy (non-hydrogen) atoms. The van der Waals surface area contributed by atoms with Crippen molar-refractivity contribution in [2.24, 2.45) is 5.92 Å². The smallest absolute Gasteiger partial charge is 0.325 e. The van der Waals surface area contributed by atoms with Crippen molar-refractivity contribution in [2.75, 3.05) is 26.2 Å². The van der Waals surface area contributed by atoms with Crippen molar-refractivity contribution in [3.63, 3.8) is 0 Å². The number of hydrogen-bond donors (Lipinski definition) is 2. The van der Waals surface area contributed by atoms with Crippen molar-refractivity contribution in [3.05, 3.63) is 35.4 Å². The lowest BCUT2D eigenvalue weighted by Crippen LogP contribution is -2.42. The van der Waals surface area contributed by atoms with Gasteiger partial charge in [0.1, 0.15) is 6.54 Å². The van der Waals surface area contributed by atoms with Crippen LogP contribution >= 0.6 is 0 Å². The molecule has 7 heteroatoms. The maximum absolute atomic E-state index is 12.3. The molecular formula is C17H21N3O4. The van der Waals surface area contributed by atoms with E-state index >= 15 is 0 Å². The summed E-state index contributed by atoms with van der Waals surface area (Å²) in [6.45, 7) is 1.13. The van der Waals surface area contributed by atoms with E-state index in [9.17, 15) is 14.4 Å². The van der Waals surface area contributed by atoms with Gasteiger partial charge in [0, 0.05) is 13.1 Å². The second-order valence-electron chi connectivity index (χ2n) is 6.31. The van der Waals surface area contributed by atoms with Gasteiger partial charge in [-0.2, -0.15) is 0 Å². The second-order valence-corrected chi connectivity index (χ2v) is 6.31. The van der Waals surface area contributed by atoms with Crippen molar-refractivity contribution in [1.29, 1.82) is 0 Å². The highest BCUT2D eigenvalue weighted by Gasteiger charge is 2.33. The number of likely N-dealkylation sites (tertiary alicyclic amines) is 1. The van der Waals surface area contributed by atoms with Gasteiger partial charge in [0.2, 0.25) is 5.91 Å². The van der Waals surface area contributed by atoms with Gasteiger partial charge in [0.05, 0.1) is 13.2 Å². The summed E-state index contributed by atoms with van der Waals surface area (Å²) in [5.74, 6) is -0.163. The minimum Gasteiger partial charge on any atom is -0.392 e. The first-order valence-corrected chi connectivity index (χ1v) is 8.11. The average Bonchev–Trinajstić information content (AvgIpc) is 3.17.